The number of aryl methyl sites for hydroxylation is 2. The highest BCUT2D eigenvalue weighted by Crippen LogP contribution is 2.29. The van der Waals surface area contributed by atoms with Crippen molar-refractivity contribution in [3.8, 4) is 0 Å². The first-order valence-corrected chi connectivity index (χ1v) is 9.52. The third-order valence-corrected chi connectivity index (χ3v) is 5.09. The number of rotatable bonds is 8. The molecule has 0 N–H and O–H groups in total. The van der Waals surface area contributed by atoms with Crippen LogP contribution >= 0.6 is 0 Å². The first-order chi connectivity index (χ1) is 11.7. The SMILES string of the molecule is CCCCN(CCCC)Cc1cc(=O)oc2cc3c(cc12)CCC3. The minimum Gasteiger partial charge on any atom is -0.423 e. The Morgan fingerprint density at radius 3 is 2.33 bits per heavy atom. The normalized spacial score (nSPS) is 13.8. The van der Waals surface area contributed by atoms with Crippen LogP contribution in [0.5, 0.6) is 0 Å². The molecule has 0 fully saturated rings. The first-order valence-electron chi connectivity index (χ1n) is 9.52. The third-order valence-electron chi connectivity index (χ3n) is 5.09. The Labute approximate surface area is 144 Å². The maximum Gasteiger partial charge on any atom is 0.336 e. The molecule has 0 unspecified atom stereocenters. The van der Waals surface area contributed by atoms with E-state index in [1.54, 1.807) is 6.07 Å². The van der Waals surface area contributed by atoms with Crippen molar-refractivity contribution in [1.29, 1.82) is 0 Å². The van der Waals surface area contributed by atoms with E-state index in [2.05, 4.69) is 30.9 Å². The van der Waals surface area contributed by atoms with Gasteiger partial charge in [-0.25, -0.2) is 4.79 Å². The largest absolute Gasteiger partial charge is 0.423 e. The number of unbranched alkanes of at least 4 members (excludes halogenated alkanes) is 2. The summed E-state index contributed by atoms with van der Waals surface area (Å²) in [5.74, 6) is 0. The van der Waals surface area contributed by atoms with Gasteiger partial charge in [0.05, 0.1) is 0 Å². The van der Waals surface area contributed by atoms with Crippen molar-refractivity contribution in [2.45, 2.75) is 65.3 Å². The summed E-state index contributed by atoms with van der Waals surface area (Å²) in [5, 5.41) is 1.13. The fraction of sp³-hybridized carbons (Fsp3) is 0.571. The van der Waals surface area contributed by atoms with Crippen LogP contribution in [0.4, 0.5) is 0 Å². The van der Waals surface area contributed by atoms with Crippen LogP contribution in [0.1, 0.15) is 62.6 Å². The molecule has 0 saturated carbocycles. The first kappa shape index (κ1) is 17.2. The zero-order chi connectivity index (χ0) is 16.9. The molecule has 0 saturated heterocycles. The predicted molar refractivity (Wildman–Crippen MR) is 99.6 cm³/mol. The van der Waals surface area contributed by atoms with Crippen molar-refractivity contribution in [3.63, 3.8) is 0 Å². The second-order valence-corrected chi connectivity index (χ2v) is 7.04. The number of hydrogen-bond acceptors (Lipinski definition) is 3. The molecule has 0 bridgehead atoms. The summed E-state index contributed by atoms with van der Waals surface area (Å²) in [6.07, 6.45) is 8.29. The molecule has 3 rings (SSSR count). The zero-order valence-electron chi connectivity index (χ0n) is 15.1. The molecule has 3 nitrogen and oxygen atoms in total. The van der Waals surface area contributed by atoms with E-state index >= 15 is 0 Å². The van der Waals surface area contributed by atoms with Gasteiger partial charge in [-0.3, -0.25) is 4.90 Å². The van der Waals surface area contributed by atoms with Gasteiger partial charge in [0.25, 0.3) is 0 Å². The van der Waals surface area contributed by atoms with E-state index in [0.29, 0.717) is 0 Å². The van der Waals surface area contributed by atoms with Gasteiger partial charge in [-0.15, -0.1) is 0 Å². The Balaban J connectivity index is 1.93. The van der Waals surface area contributed by atoms with Gasteiger partial charge in [0, 0.05) is 18.0 Å². The van der Waals surface area contributed by atoms with Crippen molar-refractivity contribution >= 4 is 11.0 Å². The lowest BCUT2D eigenvalue weighted by Crippen LogP contribution is -2.26. The van der Waals surface area contributed by atoms with E-state index in [9.17, 15) is 4.79 Å². The smallest absolute Gasteiger partial charge is 0.336 e. The van der Waals surface area contributed by atoms with Crippen molar-refractivity contribution in [2.24, 2.45) is 0 Å². The molecular weight excluding hydrogens is 298 g/mol. The van der Waals surface area contributed by atoms with Crippen LogP contribution in [0.15, 0.2) is 27.4 Å². The van der Waals surface area contributed by atoms with E-state index in [1.807, 2.05) is 0 Å². The summed E-state index contributed by atoms with van der Waals surface area (Å²) in [7, 11) is 0. The Morgan fingerprint density at radius 2 is 1.67 bits per heavy atom. The van der Waals surface area contributed by atoms with Crippen LogP contribution in [-0.2, 0) is 19.4 Å². The van der Waals surface area contributed by atoms with Gasteiger partial charge in [0.15, 0.2) is 0 Å². The van der Waals surface area contributed by atoms with Crippen molar-refractivity contribution in [2.75, 3.05) is 13.1 Å². The fourth-order valence-electron chi connectivity index (χ4n) is 3.70. The van der Waals surface area contributed by atoms with Crippen LogP contribution < -0.4 is 5.63 Å². The highest BCUT2D eigenvalue weighted by Gasteiger charge is 2.16. The summed E-state index contributed by atoms with van der Waals surface area (Å²) in [4.78, 5) is 14.5. The zero-order valence-corrected chi connectivity index (χ0v) is 15.1. The van der Waals surface area contributed by atoms with Crippen molar-refractivity contribution in [3.05, 3.63) is 45.3 Å². The van der Waals surface area contributed by atoms with Gasteiger partial charge in [0.2, 0.25) is 0 Å². The summed E-state index contributed by atoms with van der Waals surface area (Å²) < 4.78 is 5.50. The summed E-state index contributed by atoms with van der Waals surface area (Å²) in [6.45, 7) is 7.51. The molecule has 2 aromatic rings. The minimum absolute atomic E-state index is 0.221. The van der Waals surface area contributed by atoms with Crippen LogP contribution in [0, 0.1) is 0 Å². The molecule has 130 valence electrons. The number of nitrogens with zero attached hydrogens (tertiary/aromatic N) is 1. The highest BCUT2D eigenvalue weighted by atomic mass is 16.4. The minimum atomic E-state index is -0.221. The van der Waals surface area contributed by atoms with Crippen LogP contribution in [0.3, 0.4) is 0 Å². The van der Waals surface area contributed by atoms with Crippen LogP contribution in [-0.4, -0.2) is 18.0 Å². The molecule has 0 aliphatic heterocycles. The molecule has 0 spiro atoms. The molecule has 0 amide bonds. The van der Waals surface area contributed by atoms with Crippen molar-refractivity contribution < 1.29 is 4.42 Å². The van der Waals surface area contributed by atoms with Gasteiger partial charge >= 0.3 is 5.63 Å². The molecule has 24 heavy (non-hydrogen) atoms. The van der Waals surface area contributed by atoms with Crippen molar-refractivity contribution in [1.82, 2.24) is 4.90 Å². The lowest BCUT2D eigenvalue weighted by Gasteiger charge is -2.22. The molecule has 1 heterocycles. The van der Waals surface area contributed by atoms with Gasteiger partial charge in [-0.1, -0.05) is 26.7 Å². The van der Waals surface area contributed by atoms with Gasteiger partial charge in [0.1, 0.15) is 5.58 Å². The number of hydrogen-bond donors (Lipinski definition) is 0. The van der Waals surface area contributed by atoms with Gasteiger partial charge in [-0.05, 0) is 74.0 Å². The number of fused-ring (bicyclic) bond motifs is 2. The van der Waals surface area contributed by atoms with E-state index in [4.69, 9.17) is 4.42 Å². The summed E-state index contributed by atoms with van der Waals surface area (Å²) >= 11 is 0. The van der Waals surface area contributed by atoms with Gasteiger partial charge < -0.3 is 4.42 Å². The quantitative estimate of drug-likeness (QED) is 0.660. The molecular formula is C21H29NO2. The van der Waals surface area contributed by atoms with E-state index in [0.717, 1.165) is 49.0 Å². The lowest BCUT2D eigenvalue weighted by atomic mass is 10.0. The Bertz CT molecular complexity index is 739. The molecule has 3 heteroatoms. The predicted octanol–water partition coefficient (Wildman–Crippen LogP) is 4.68. The van der Waals surface area contributed by atoms with Crippen LogP contribution in [0.25, 0.3) is 11.0 Å². The van der Waals surface area contributed by atoms with E-state index < -0.39 is 0 Å². The average molecular weight is 327 g/mol. The molecule has 1 aromatic carbocycles. The third kappa shape index (κ3) is 3.89. The summed E-state index contributed by atoms with van der Waals surface area (Å²) in [5.41, 5.74) is 4.47. The molecule has 0 atom stereocenters. The Morgan fingerprint density at radius 1 is 1.00 bits per heavy atom. The number of benzene rings is 1. The highest BCUT2D eigenvalue weighted by molar-refractivity contribution is 5.82. The standard InChI is InChI=1S/C21H29NO2/c1-3-5-10-22(11-6-4-2)15-18-14-21(23)24-20-13-17-9-7-8-16(17)12-19(18)20/h12-14H,3-11,15H2,1-2H3. The second kappa shape index (κ2) is 7.98. The second-order valence-electron chi connectivity index (χ2n) is 7.04. The average Bonchev–Trinajstić information content (AvgIpc) is 3.02. The monoisotopic (exact) mass is 327 g/mol. The topological polar surface area (TPSA) is 33.5 Å². The van der Waals surface area contributed by atoms with Crippen LogP contribution in [0.2, 0.25) is 0 Å². The Kier molecular flexibility index (Phi) is 5.72. The maximum absolute atomic E-state index is 12.0. The molecule has 1 aliphatic carbocycles. The molecule has 1 aliphatic rings. The maximum atomic E-state index is 12.0. The molecule has 1 aromatic heterocycles. The Hall–Kier alpha value is -1.61. The fourth-order valence-corrected chi connectivity index (χ4v) is 3.70. The van der Waals surface area contributed by atoms with E-state index in [-0.39, 0.29) is 5.63 Å². The summed E-state index contributed by atoms with van der Waals surface area (Å²) in [6, 6.07) is 6.08. The molecule has 0 radical (unpaired) electrons. The lowest BCUT2D eigenvalue weighted by molar-refractivity contribution is 0.257. The van der Waals surface area contributed by atoms with Gasteiger partial charge in [-0.2, -0.15) is 0 Å². The van der Waals surface area contributed by atoms with E-state index in [1.165, 1.54) is 43.2 Å².